The smallest absolute Gasteiger partial charge is 0.297 e. The van der Waals surface area contributed by atoms with Crippen molar-refractivity contribution in [3.8, 4) is 11.5 Å². The minimum Gasteiger partial charge on any atom is -0.493 e. The van der Waals surface area contributed by atoms with Gasteiger partial charge in [-0.25, -0.2) is 0 Å². The fraction of sp³-hybridized carbons (Fsp3) is 0.368. The Kier molecular flexibility index (Phi) is 8.09. The van der Waals surface area contributed by atoms with Crippen molar-refractivity contribution in [3.63, 3.8) is 0 Å². The molecule has 0 saturated carbocycles. The largest absolute Gasteiger partial charge is 0.493 e. The van der Waals surface area contributed by atoms with Gasteiger partial charge in [0.05, 0.1) is 31.8 Å². The zero-order valence-electron chi connectivity index (χ0n) is 15.5. The molecule has 0 fully saturated rings. The third-order valence-electron chi connectivity index (χ3n) is 3.78. The summed E-state index contributed by atoms with van der Waals surface area (Å²) in [5, 5.41) is 0. The molecule has 0 unspecified atom stereocenters. The van der Waals surface area contributed by atoms with Gasteiger partial charge in [-0.1, -0.05) is 22.0 Å². The van der Waals surface area contributed by atoms with E-state index in [1.807, 2.05) is 18.2 Å². The molecule has 6 nitrogen and oxygen atoms in total. The standard InChI is InChI=1S/C19H23BrO6S/c1-14(26-27(21,22)17-7-5-16(20)6-8-17)10-11-25-13-15-4-9-18(23-2)19(12-15)24-3/h4-9,12,14H,10-11,13H2,1-3H3/t14-/m1/s1. The van der Waals surface area contributed by atoms with E-state index in [1.54, 1.807) is 33.3 Å². The van der Waals surface area contributed by atoms with Crippen LogP contribution in [-0.2, 0) is 25.6 Å². The van der Waals surface area contributed by atoms with E-state index in [2.05, 4.69) is 15.9 Å². The molecule has 0 aromatic heterocycles. The van der Waals surface area contributed by atoms with Crippen molar-refractivity contribution < 1.29 is 26.8 Å². The summed E-state index contributed by atoms with van der Waals surface area (Å²) in [6, 6.07) is 11.9. The Morgan fingerprint density at radius 1 is 1.00 bits per heavy atom. The third-order valence-corrected chi connectivity index (χ3v) is 5.74. The summed E-state index contributed by atoms with van der Waals surface area (Å²) in [5.41, 5.74) is 0.934. The highest BCUT2D eigenvalue weighted by Crippen LogP contribution is 2.27. The van der Waals surface area contributed by atoms with Crippen LogP contribution in [0.2, 0.25) is 0 Å². The zero-order valence-corrected chi connectivity index (χ0v) is 17.9. The quantitative estimate of drug-likeness (QED) is 0.393. The lowest BCUT2D eigenvalue weighted by Gasteiger charge is -2.14. The zero-order chi connectivity index (χ0) is 19.9. The molecule has 0 aliphatic rings. The van der Waals surface area contributed by atoms with Crippen molar-refractivity contribution in [1.29, 1.82) is 0 Å². The summed E-state index contributed by atoms with van der Waals surface area (Å²) in [5.74, 6) is 1.29. The maximum absolute atomic E-state index is 12.2. The van der Waals surface area contributed by atoms with E-state index in [9.17, 15) is 8.42 Å². The van der Waals surface area contributed by atoms with Crippen LogP contribution in [0.5, 0.6) is 11.5 Å². The van der Waals surface area contributed by atoms with Gasteiger partial charge in [0.2, 0.25) is 0 Å². The van der Waals surface area contributed by atoms with Crippen molar-refractivity contribution in [2.24, 2.45) is 0 Å². The van der Waals surface area contributed by atoms with E-state index in [0.29, 0.717) is 31.1 Å². The van der Waals surface area contributed by atoms with Gasteiger partial charge in [0.15, 0.2) is 11.5 Å². The van der Waals surface area contributed by atoms with E-state index in [1.165, 1.54) is 12.1 Å². The van der Waals surface area contributed by atoms with Gasteiger partial charge in [-0.05, 0) is 55.3 Å². The summed E-state index contributed by atoms with van der Waals surface area (Å²) >= 11 is 3.27. The topological polar surface area (TPSA) is 71.1 Å². The minimum atomic E-state index is -3.79. The van der Waals surface area contributed by atoms with Gasteiger partial charge in [0.25, 0.3) is 10.1 Å². The molecule has 0 radical (unpaired) electrons. The average molecular weight is 459 g/mol. The first-order valence-electron chi connectivity index (χ1n) is 8.33. The molecule has 27 heavy (non-hydrogen) atoms. The fourth-order valence-corrected chi connectivity index (χ4v) is 3.70. The van der Waals surface area contributed by atoms with Crippen molar-refractivity contribution in [2.75, 3.05) is 20.8 Å². The predicted octanol–water partition coefficient (Wildman–Crippen LogP) is 4.17. The number of ether oxygens (including phenoxy) is 3. The van der Waals surface area contributed by atoms with Gasteiger partial charge in [0.1, 0.15) is 0 Å². The van der Waals surface area contributed by atoms with Crippen LogP contribution in [-0.4, -0.2) is 35.3 Å². The molecule has 1 atom stereocenters. The number of rotatable bonds is 10. The Balaban J connectivity index is 1.80. The Morgan fingerprint density at radius 3 is 2.30 bits per heavy atom. The molecular weight excluding hydrogens is 436 g/mol. The molecule has 0 aliphatic carbocycles. The van der Waals surface area contributed by atoms with Crippen LogP contribution in [0.25, 0.3) is 0 Å². The third kappa shape index (κ3) is 6.49. The Hall–Kier alpha value is -1.61. The molecule has 0 saturated heterocycles. The highest BCUT2D eigenvalue weighted by Gasteiger charge is 2.19. The molecule has 0 N–H and O–H groups in total. The SMILES string of the molecule is COc1ccc(COCC[C@@H](C)OS(=O)(=O)c2ccc(Br)cc2)cc1OC. The summed E-state index contributed by atoms with van der Waals surface area (Å²) in [7, 11) is -0.631. The molecule has 0 spiro atoms. The summed E-state index contributed by atoms with van der Waals surface area (Å²) in [6.45, 7) is 2.45. The van der Waals surface area contributed by atoms with Gasteiger partial charge >= 0.3 is 0 Å². The van der Waals surface area contributed by atoms with Crippen molar-refractivity contribution in [3.05, 3.63) is 52.5 Å². The van der Waals surface area contributed by atoms with Crippen LogP contribution in [0, 0.1) is 0 Å². The molecule has 0 amide bonds. The van der Waals surface area contributed by atoms with E-state index in [0.717, 1.165) is 10.0 Å². The summed E-state index contributed by atoms with van der Waals surface area (Å²) in [4.78, 5) is 0.129. The molecule has 2 rings (SSSR count). The van der Waals surface area contributed by atoms with Crippen LogP contribution in [0.15, 0.2) is 51.8 Å². The maximum atomic E-state index is 12.2. The average Bonchev–Trinajstić information content (AvgIpc) is 2.65. The highest BCUT2D eigenvalue weighted by molar-refractivity contribution is 9.10. The predicted molar refractivity (Wildman–Crippen MR) is 106 cm³/mol. The molecule has 148 valence electrons. The lowest BCUT2D eigenvalue weighted by Crippen LogP contribution is -2.17. The molecule has 2 aromatic carbocycles. The number of methoxy groups -OCH3 is 2. The second-order valence-corrected chi connectivity index (χ2v) is 8.33. The summed E-state index contributed by atoms with van der Waals surface area (Å²) < 4.78 is 46.6. The van der Waals surface area contributed by atoms with Crippen LogP contribution < -0.4 is 9.47 Å². The van der Waals surface area contributed by atoms with Gasteiger partial charge in [-0.15, -0.1) is 0 Å². The minimum absolute atomic E-state index is 0.129. The molecule has 0 heterocycles. The highest BCUT2D eigenvalue weighted by atomic mass is 79.9. The van der Waals surface area contributed by atoms with E-state index in [-0.39, 0.29) is 4.90 Å². The first-order valence-corrected chi connectivity index (χ1v) is 10.5. The molecule has 0 aliphatic heterocycles. The van der Waals surface area contributed by atoms with Crippen LogP contribution in [0.3, 0.4) is 0 Å². The van der Waals surface area contributed by atoms with Crippen LogP contribution >= 0.6 is 15.9 Å². The molecule has 0 bridgehead atoms. The van der Waals surface area contributed by atoms with Gasteiger partial charge in [-0.3, -0.25) is 4.18 Å². The lowest BCUT2D eigenvalue weighted by atomic mass is 10.2. The van der Waals surface area contributed by atoms with Crippen molar-refractivity contribution in [1.82, 2.24) is 0 Å². The van der Waals surface area contributed by atoms with Gasteiger partial charge in [-0.2, -0.15) is 8.42 Å². The van der Waals surface area contributed by atoms with Crippen molar-refractivity contribution in [2.45, 2.75) is 31.0 Å². The fourth-order valence-electron chi connectivity index (χ4n) is 2.33. The molecular formula is C19H23BrO6S. The number of hydrogen-bond acceptors (Lipinski definition) is 6. The van der Waals surface area contributed by atoms with Crippen LogP contribution in [0.1, 0.15) is 18.9 Å². The monoisotopic (exact) mass is 458 g/mol. The second kappa shape index (κ2) is 10.1. The van der Waals surface area contributed by atoms with Gasteiger partial charge < -0.3 is 14.2 Å². The Bertz CT molecular complexity index is 836. The Morgan fingerprint density at radius 2 is 1.67 bits per heavy atom. The number of hydrogen-bond donors (Lipinski definition) is 0. The lowest BCUT2D eigenvalue weighted by molar-refractivity contribution is 0.0895. The van der Waals surface area contributed by atoms with E-state index >= 15 is 0 Å². The first kappa shape index (κ1) is 21.7. The second-order valence-electron chi connectivity index (χ2n) is 5.85. The van der Waals surface area contributed by atoms with Crippen LogP contribution in [0.4, 0.5) is 0 Å². The molecule has 2 aromatic rings. The number of benzene rings is 2. The number of halogens is 1. The maximum Gasteiger partial charge on any atom is 0.297 e. The van der Waals surface area contributed by atoms with E-state index in [4.69, 9.17) is 18.4 Å². The Labute approximate surface area is 168 Å². The normalized spacial score (nSPS) is 12.6. The summed E-state index contributed by atoms with van der Waals surface area (Å²) in [6.07, 6.45) is -0.0488. The first-order chi connectivity index (χ1) is 12.9. The molecule has 8 heteroatoms. The van der Waals surface area contributed by atoms with Crippen molar-refractivity contribution >= 4 is 26.0 Å². The van der Waals surface area contributed by atoms with Gasteiger partial charge in [0, 0.05) is 11.1 Å². The van der Waals surface area contributed by atoms with E-state index < -0.39 is 16.2 Å².